The molecule has 1 unspecified atom stereocenters. The molecule has 4 nitrogen and oxygen atoms in total. The Morgan fingerprint density at radius 1 is 1.25 bits per heavy atom. The van der Waals surface area contributed by atoms with Gasteiger partial charge in [0.15, 0.2) is 5.78 Å². The monoisotopic (exact) mass is 330 g/mol. The van der Waals surface area contributed by atoms with Gasteiger partial charge in [0.2, 0.25) is 0 Å². The number of phenols is 1. The Hall–Kier alpha value is -1.39. The molecule has 0 aliphatic heterocycles. The maximum Gasteiger partial charge on any atom is 0.190 e. The number of aliphatic hydroxyl groups is 2. The van der Waals surface area contributed by atoms with E-state index in [4.69, 9.17) is 0 Å². The molecule has 1 aromatic rings. The zero-order chi connectivity index (χ0) is 17.1. The lowest BCUT2D eigenvalue weighted by atomic mass is 9.53. The molecule has 3 N–H and O–H groups in total. The van der Waals surface area contributed by atoms with Crippen LogP contribution in [0.15, 0.2) is 18.2 Å². The first-order valence-corrected chi connectivity index (χ1v) is 9.09. The van der Waals surface area contributed by atoms with Crippen LogP contribution in [0.4, 0.5) is 0 Å². The van der Waals surface area contributed by atoms with Crippen LogP contribution in [0.25, 0.3) is 0 Å². The molecule has 2 saturated carbocycles. The zero-order valence-electron chi connectivity index (χ0n) is 14.2. The van der Waals surface area contributed by atoms with Gasteiger partial charge in [-0.15, -0.1) is 0 Å². The maximum absolute atomic E-state index is 12.3. The van der Waals surface area contributed by atoms with Gasteiger partial charge in [0.1, 0.15) is 18.0 Å². The van der Waals surface area contributed by atoms with Crippen LogP contribution >= 0.6 is 0 Å². The largest absolute Gasteiger partial charge is 0.508 e. The molecule has 0 spiro atoms. The highest BCUT2D eigenvalue weighted by Gasteiger charge is 2.64. The number of aryl methyl sites for hydroxylation is 1. The summed E-state index contributed by atoms with van der Waals surface area (Å²) in [6.45, 7) is 1.48. The molecule has 0 saturated heterocycles. The molecule has 24 heavy (non-hydrogen) atoms. The van der Waals surface area contributed by atoms with E-state index in [0.717, 1.165) is 32.1 Å². The van der Waals surface area contributed by atoms with E-state index in [0.29, 0.717) is 29.9 Å². The van der Waals surface area contributed by atoms with Gasteiger partial charge in [-0.1, -0.05) is 13.0 Å². The van der Waals surface area contributed by atoms with Gasteiger partial charge >= 0.3 is 0 Å². The van der Waals surface area contributed by atoms with E-state index < -0.39 is 23.4 Å². The molecule has 3 aliphatic carbocycles. The van der Waals surface area contributed by atoms with Gasteiger partial charge in [0, 0.05) is 5.41 Å². The molecular weight excluding hydrogens is 304 g/mol. The molecule has 0 aromatic heterocycles. The Balaban J connectivity index is 1.69. The Bertz CT molecular complexity index is 684. The maximum atomic E-state index is 12.3. The van der Waals surface area contributed by atoms with Gasteiger partial charge in [-0.2, -0.15) is 0 Å². The Labute approximate surface area is 142 Å². The molecule has 1 aromatic carbocycles. The van der Waals surface area contributed by atoms with Crippen molar-refractivity contribution in [1.29, 1.82) is 0 Å². The fraction of sp³-hybridized carbons (Fsp3) is 0.650. The van der Waals surface area contributed by atoms with Crippen molar-refractivity contribution in [2.24, 2.45) is 17.3 Å². The van der Waals surface area contributed by atoms with Crippen molar-refractivity contribution in [2.75, 3.05) is 6.61 Å². The van der Waals surface area contributed by atoms with Gasteiger partial charge < -0.3 is 15.3 Å². The first-order chi connectivity index (χ1) is 11.4. The van der Waals surface area contributed by atoms with E-state index in [1.54, 1.807) is 6.07 Å². The lowest BCUT2D eigenvalue weighted by Gasteiger charge is -2.52. The first kappa shape index (κ1) is 16.1. The molecule has 2 fully saturated rings. The van der Waals surface area contributed by atoms with Crippen molar-refractivity contribution in [2.45, 2.75) is 57.0 Å². The second-order valence-electron chi connectivity index (χ2n) is 8.24. The summed E-state index contributed by atoms with van der Waals surface area (Å²) >= 11 is 0. The third-order valence-electron chi connectivity index (χ3n) is 7.47. The predicted octanol–water partition coefficient (Wildman–Crippen LogP) is 2.54. The van der Waals surface area contributed by atoms with Crippen molar-refractivity contribution >= 4 is 5.78 Å². The van der Waals surface area contributed by atoms with E-state index in [-0.39, 0.29) is 0 Å². The smallest absolute Gasteiger partial charge is 0.190 e. The first-order valence-electron chi connectivity index (χ1n) is 9.09. The molecule has 0 bridgehead atoms. The Morgan fingerprint density at radius 3 is 2.79 bits per heavy atom. The van der Waals surface area contributed by atoms with E-state index in [9.17, 15) is 20.1 Å². The van der Waals surface area contributed by atoms with Crippen molar-refractivity contribution in [3.8, 4) is 5.75 Å². The number of phenolic OH excluding ortho intramolecular Hbond substituents is 1. The van der Waals surface area contributed by atoms with Crippen molar-refractivity contribution in [3.63, 3.8) is 0 Å². The van der Waals surface area contributed by atoms with Crippen LogP contribution in [-0.2, 0) is 11.2 Å². The average Bonchev–Trinajstić information content (AvgIpc) is 2.86. The summed E-state index contributed by atoms with van der Waals surface area (Å²) in [6.07, 6.45) is 5.08. The van der Waals surface area contributed by atoms with Gasteiger partial charge in [-0.3, -0.25) is 4.79 Å². The average molecular weight is 330 g/mol. The van der Waals surface area contributed by atoms with Crippen molar-refractivity contribution in [3.05, 3.63) is 29.3 Å². The van der Waals surface area contributed by atoms with E-state index in [1.807, 2.05) is 6.07 Å². The number of Topliss-reactive ketones (excluding diaryl/α,β-unsaturated/α-hetero) is 1. The standard InChI is InChI=1S/C20H26O4/c1-19-8-6-15-14-5-3-13(22)10-12(14)2-4-16(15)17(19)7-9-20(19,24)18(23)11-21/h3,5,10,15-17,21-22,24H,2,4,6-9,11H2,1H3/t15-,16-,17+,19+,20?/m1/s1. The summed E-state index contributed by atoms with van der Waals surface area (Å²) in [4.78, 5) is 12.3. The third-order valence-corrected chi connectivity index (χ3v) is 7.47. The van der Waals surface area contributed by atoms with Crippen LogP contribution < -0.4 is 0 Å². The van der Waals surface area contributed by atoms with Gasteiger partial charge in [0.05, 0.1) is 0 Å². The number of rotatable bonds is 2. The molecule has 0 radical (unpaired) electrons. The third kappa shape index (κ3) is 1.96. The minimum atomic E-state index is -1.37. The second kappa shape index (κ2) is 5.30. The lowest BCUT2D eigenvalue weighted by Crippen LogP contribution is -2.55. The number of aromatic hydroxyl groups is 1. The summed E-state index contributed by atoms with van der Waals surface area (Å²) in [5, 5.41) is 30.2. The number of hydrogen-bond donors (Lipinski definition) is 3. The van der Waals surface area contributed by atoms with E-state index >= 15 is 0 Å². The number of fused-ring (bicyclic) bond motifs is 5. The topological polar surface area (TPSA) is 77.8 Å². The summed E-state index contributed by atoms with van der Waals surface area (Å²) in [5.74, 6) is 1.17. The molecule has 5 atom stereocenters. The molecule has 130 valence electrons. The highest BCUT2D eigenvalue weighted by molar-refractivity contribution is 5.89. The molecule has 4 rings (SSSR count). The van der Waals surface area contributed by atoms with E-state index in [1.165, 1.54) is 11.1 Å². The van der Waals surface area contributed by atoms with Crippen LogP contribution in [-0.4, -0.2) is 33.3 Å². The van der Waals surface area contributed by atoms with Gasteiger partial charge in [0.25, 0.3) is 0 Å². The van der Waals surface area contributed by atoms with Gasteiger partial charge in [-0.25, -0.2) is 0 Å². The summed E-state index contributed by atoms with van der Waals surface area (Å²) in [5.41, 5.74) is 0.796. The predicted molar refractivity (Wildman–Crippen MR) is 89.8 cm³/mol. The van der Waals surface area contributed by atoms with Crippen molar-refractivity contribution < 1.29 is 20.1 Å². The van der Waals surface area contributed by atoms with Crippen LogP contribution in [0.3, 0.4) is 0 Å². The molecule has 0 amide bonds. The highest BCUT2D eigenvalue weighted by atomic mass is 16.3. The fourth-order valence-corrected chi connectivity index (χ4v) is 6.17. The van der Waals surface area contributed by atoms with Crippen LogP contribution in [0.2, 0.25) is 0 Å². The minimum absolute atomic E-state index is 0.318. The Kier molecular flexibility index (Phi) is 3.56. The van der Waals surface area contributed by atoms with E-state index in [2.05, 4.69) is 13.0 Å². The van der Waals surface area contributed by atoms with Crippen LogP contribution in [0, 0.1) is 17.3 Å². The lowest BCUT2D eigenvalue weighted by molar-refractivity contribution is -0.159. The fourth-order valence-electron chi connectivity index (χ4n) is 6.17. The number of benzene rings is 1. The molecule has 4 heteroatoms. The zero-order valence-corrected chi connectivity index (χ0v) is 14.2. The normalized spacial score (nSPS) is 40.5. The minimum Gasteiger partial charge on any atom is -0.508 e. The number of ketones is 1. The summed E-state index contributed by atoms with van der Waals surface area (Å²) in [6, 6.07) is 5.72. The SMILES string of the molecule is C[C@]12CC[C@@H]3c4ccc(O)cc4CC[C@H]3[C@@H]1CCC2(O)C(=O)CO. The quantitative estimate of drug-likeness (QED) is 0.779. The number of carbonyl (C=O) groups is 1. The van der Waals surface area contributed by atoms with Crippen LogP contribution in [0.5, 0.6) is 5.75 Å². The molecular formula is C20H26O4. The number of carbonyl (C=O) groups excluding carboxylic acids is 1. The van der Waals surface area contributed by atoms with Gasteiger partial charge in [-0.05, 0) is 79.5 Å². The second-order valence-corrected chi connectivity index (χ2v) is 8.24. The van der Waals surface area contributed by atoms with Crippen molar-refractivity contribution in [1.82, 2.24) is 0 Å². The number of aliphatic hydroxyl groups excluding tert-OH is 1. The summed E-state index contributed by atoms with van der Waals surface area (Å²) in [7, 11) is 0. The Morgan fingerprint density at radius 2 is 2.04 bits per heavy atom. The summed E-state index contributed by atoms with van der Waals surface area (Å²) < 4.78 is 0. The molecule has 3 aliphatic rings. The molecule has 0 heterocycles. The number of hydrogen-bond acceptors (Lipinski definition) is 4. The van der Waals surface area contributed by atoms with Crippen LogP contribution in [0.1, 0.15) is 56.1 Å². The highest BCUT2D eigenvalue weighted by Crippen LogP contribution is 2.64.